The molecule has 2 heterocycles. The Morgan fingerprint density at radius 2 is 1.90 bits per heavy atom. The van der Waals surface area contributed by atoms with Gasteiger partial charge in [0, 0.05) is 46.3 Å². The molecule has 1 aromatic carbocycles. The Morgan fingerprint density at radius 3 is 2.47 bits per heavy atom. The number of aliphatic hydroxyl groups excluding tert-OH is 1. The van der Waals surface area contributed by atoms with E-state index in [0.29, 0.717) is 30.7 Å². The van der Waals surface area contributed by atoms with Crippen LogP contribution in [0.3, 0.4) is 0 Å². The third kappa shape index (κ3) is 11.6. The minimum Gasteiger partial charge on any atom is -0.491 e. The zero-order chi connectivity index (χ0) is 37.9. The van der Waals surface area contributed by atoms with Gasteiger partial charge in [-0.2, -0.15) is 18.2 Å². The van der Waals surface area contributed by atoms with Crippen LogP contribution in [0.2, 0.25) is 0 Å². The van der Waals surface area contributed by atoms with Gasteiger partial charge < -0.3 is 44.4 Å². The van der Waals surface area contributed by atoms with Crippen molar-refractivity contribution in [3.05, 3.63) is 64.1 Å². The Balaban J connectivity index is 1.85. The van der Waals surface area contributed by atoms with E-state index in [1.807, 2.05) is 6.92 Å². The van der Waals surface area contributed by atoms with E-state index < -0.39 is 57.0 Å². The largest absolute Gasteiger partial charge is 0.491 e. The van der Waals surface area contributed by atoms with Crippen molar-refractivity contribution in [3.8, 4) is 5.75 Å². The summed E-state index contributed by atoms with van der Waals surface area (Å²) in [6, 6.07) is 7.74. The van der Waals surface area contributed by atoms with Crippen molar-refractivity contribution in [1.82, 2.24) is 24.3 Å². The standard InChI is InChI=1S/C31H43F3N7O9P/c1-5-14-38(3)28(44)24(27(36-2)39(4)19-42)40(15-7-6-13-31(32,33)34)17-20-8-10-21(11-9-20)48-18-22-26(50-51(46)47)25(43)29(49-22)41-16-12-23(35)37-30(41)45/h8-12,16,19,22,25-26,29,43,51H,2,5-7,13-15,17-18H2,1,3-4H3,(H,46,47)(H2,35,37,45)/b27-24+/t22-,25-,26-,29-/m1/s1. The number of aromatic nitrogens is 2. The first-order chi connectivity index (χ1) is 24.1. The topological polar surface area (TPSA) is 202 Å². The van der Waals surface area contributed by atoms with E-state index in [9.17, 15) is 42.1 Å². The van der Waals surface area contributed by atoms with Crippen molar-refractivity contribution >= 4 is 33.1 Å². The van der Waals surface area contributed by atoms with Gasteiger partial charge in [-0.15, -0.1) is 0 Å². The minimum atomic E-state index is -4.35. The highest BCUT2D eigenvalue weighted by Gasteiger charge is 2.47. The lowest BCUT2D eigenvalue weighted by molar-refractivity contribution is -0.136. The molecule has 0 saturated carbocycles. The summed E-state index contributed by atoms with van der Waals surface area (Å²) in [6.07, 6.45) is -8.51. The Labute approximate surface area is 292 Å². The zero-order valence-electron chi connectivity index (χ0n) is 28.4. The lowest BCUT2D eigenvalue weighted by atomic mass is 10.1. The second-order valence-electron chi connectivity index (χ2n) is 11.7. The molecular weight excluding hydrogens is 702 g/mol. The number of halogens is 3. The zero-order valence-corrected chi connectivity index (χ0v) is 29.4. The maximum absolute atomic E-state index is 13.7. The number of nitrogens with two attached hydrogens (primary N) is 1. The van der Waals surface area contributed by atoms with Gasteiger partial charge in [0.2, 0.25) is 6.41 Å². The van der Waals surface area contributed by atoms with Crippen LogP contribution in [-0.4, -0.2) is 112 Å². The summed E-state index contributed by atoms with van der Waals surface area (Å²) in [6.45, 7) is 5.52. The molecule has 51 heavy (non-hydrogen) atoms. The Kier molecular flexibility index (Phi) is 15.2. The third-order valence-electron chi connectivity index (χ3n) is 7.80. The minimum absolute atomic E-state index is 0.0148. The first-order valence-corrected chi connectivity index (χ1v) is 17.1. The van der Waals surface area contributed by atoms with Gasteiger partial charge in [-0.3, -0.25) is 18.7 Å². The number of carbonyl (C=O) groups is 2. The maximum Gasteiger partial charge on any atom is 0.389 e. The van der Waals surface area contributed by atoms with Gasteiger partial charge in [-0.1, -0.05) is 19.1 Å². The van der Waals surface area contributed by atoms with Crippen LogP contribution in [0, 0.1) is 0 Å². The average Bonchev–Trinajstić information content (AvgIpc) is 3.37. The fourth-order valence-corrected chi connectivity index (χ4v) is 5.87. The fraction of sp³-hybridized carbons (Fsp3) is 0.516. The number of likely N-dealkylation sites (N-methyl/N-ethyl adjacent to an activating group) is 1. The average molecular weight is 746 g/mol. The van der Waals surface area contributed by atoms with Crippen molar-refractivity contribution in [2.75, 3.05) is 39.5 Å². The predicted molar refractivity (Wildman–Crippen MR) is 180 cm³/mol. The number of nitrogen functional groups attached to an aromatic ring is 1. The second-order valence-corrected chi connectivity index (χ2v) is 12.4. The predicted octanol–water partition coefficient (Wildman–Crippen LogP) is 2.29. The number of rotatable bonds is 19. The normalized spacial score (nSPS) is 19.9. The number of ether oxygens (including phenoxy) is 2. The number of aliphatic imine (C=N–C) groups is 1. The van der Waals surface area contributed by atoms with Crippen LogP contribution in [-0.2, 0) is 30.0 Å². The molecule has 4 N–H and O–H groups in total. The molecular formula is C31H43F3N7O9P. The molecule has 0 bridgehead atoms. The molecule has 0 spiro atoms. The van der Waals surface area contributed by atoms with E-state index in [-0.39, 0.29) is 49.9 Å². The Hall–Kier alpha value is -4.29. The van der Waals surface area contributed by atoms with Crippen molar-refractivity contribution < 1.29 is 51.3 Å². The molecule has 1 unspecified atom stereocenters. The van der Waals surface area contributed by atoms with Gasteiger partial charge in [-0.25, -0.2) is 9.79 Å². The lowest BCUT2D eigenvalue weighted by Crippen LogP contribution is -2.39. The summed E-state index contributed by atoms with van der Waals surface area (Å²) in [5.74, 6) is -0.328. The van der Waals surface area contributed by atoms with Gasteiger partial charge in [0.05, 0.1) is 0 Å². The number of aliphatic hydroxyl groups is 1. The van der Waals surface area contributed by atoms with Crippen molar-refractivity contribution in [1.29, 1.82) is 0 Å². The number of hydrogen-bond donors (Lipinski definition) is 3. The van der Waals surface area contributed by atoms with Gasteiger partial charge in [0.25, 0.3) is 5.91 Å². The van der Waals surface area contributed by atoms with E-state index in [1.165, 1.54) is 24.2 Å². The Bertz CT molecular complexity index is 1610. The smallest absolute Gasteiger partial charge is 0.389 e. The summed E-state index contributed by atoms with van der Waals surface area (Å²) >= 11 is 0. The van der Waals surface area contributed by atoms with Crippen LogP contribution in [0.4, 0.5) is 19.0 Å². The van der Waals surface area contributed by atoms with Gasteiger partial charge >= 0.3 is 20.1 Å². The fourth-order valence-electron chi connectivity index (χ4n) is 5.35. The van der Waals surface area contributed by atoms with Crippen LogP contribution in [0.15, 0.2) is 57.8 Å². The van der Waals surface area contributed by atoms with Crippen LogP contribution >= 0.6 is 8.25 Å². The monoisotopic (exact) mass is 745 g/mol. The number of anilines is 1. The number of hydrogen-bond acceptors (Lipinski definition) is 12. The molecule has 0 radical (unpaired) electrons. The number of carbonyl (C=O) groups excluding carboxylic acids is 2. The number of alkyl halides is 3. The summed E-state index contributed by atoms with van der Waals surface area (Å²) in [4.78, 5) is 58.8. The third-order valence-corrected chi connectivity index (χ3v) is 8.27. The van der Waals surface area contributed by atoms with Crippen LogP contribution in [0.5, 0.6) is 5.75 Å². The number of amides is 2. The van der Waals surface area contributed by atoms with Crippen LogP contribution < -0.4 is 16.2 Å². The van der Waals surface area contributed by atoms with Crippen LogP contribution in [0.1, 0.15) is 44.4 Å². The van der Waals surface area contributed by atoms with Gasteiger partial charge in [0.15, 0.2) is 12.0 Å². The molecule has 1 aromatic heterocycles. The summed E-state index contributed by atoms with van der Waals surface area (Å²) in [7, 11) is -0.600. The molecule has 1 fully saturated rings. The molecule has 1 saturated heterocycles. The summed E-state index contributed by atoms with van der Waals surface area (Å²) in [5, 5.41) is 10.8. The number of unbranched alkanes of at least 4 members (excludes halogenated alkanes) is 1. The highest BCUT2D eigenvalue weighted by molar-refractivity contribution is 7.32. The molecule has 20 heteroatoms. The molecule has 282 valence electrons. The molecule has 2 amide bonds. The summed E-state index contributed by atoms with van der Waals surface area (Å²) in [5.41, 5.74) is 5.31. The quantitative estimate of drug-likeness (QED) is 0.0624. The first-order valence-electron chi connectivity index (χ1n) is 15.9. The van der Waals surface area contributed by atoms with Crippen molar-refractivity contribution in [3.63, 3.8) is 0 Å². The second kappa shape index (κ2) is 18.8. The van der Waals surface area contributed by atoms with Crippen LogP contribution in [0.25, 0.3) is 0 Å². The molecule has 2 aromatic rings. The number of nitrogens with zero attached hydrogens (tertiary/aromatic N) is 6. The molecule has 0 aliphatic carbocycles. The van der Waals surface area contributed by atoms with E-state index in [1.54, 1.807) is 36.2 Å². The molecule has 3 rings (SSSR count). The molecule has 16 nitrogen and oxygen atoms in total. The van der Waals surface area contributed by atoms with E-state index in [4.69, 9.17) is 19.7 Å². The van der Waals surface area contributed by atoms with Gasteiger partial charge in [0.1, 0.15) is 42.2 Å². The highest BCUT2D eigenvalue weighted by atomic mass is 31.1. The summed E-state index contributed by atoms with van der Waals surface area (Å²) < 4.78 is 67.9. The maximum atomic E-state index is 13.7. The highest BCUT2D eigenvalue weighted by Crippen LogP contribution is 2.36. The lowest BCUT2D eigenvalue weighted by Gasteiger charge is -2.32. The molecule has 5 atom stereocenters. The van der Waals surface area contributed by atoms with E-state index in [2.05, 4.69) is 16.7 Å². The van der Waals surface area contributed by atoms with Crippen molar-refractivity contribution in [2.45, 2.75) is 69.9 Å². The van der Waals surface area contributed by atoms with Gasteiger partial charge in [-0.05, 0) is 49.7 Å². The SMILES string of the molecule is C=N/C(=C(/C(=O)N(C)CCC)N(CCCCC(F)(F)F)Cc1ccc(OC[C@H]2O[C@@H](n3ccc(N)nc3=O)[C@H](O)[C@@H]2O[PH](=O)O)cc1)N(C)C=O. The number of benzene rings is 1. The molecule has 1 aliphatic heterocycles. The van der Waals surface area contributed by atoms with E-state index >= 15 is 0 Å². The molecule has 1 aliphatic rings. The van der Waals surface area contributed by atoms with E-state index in [0.717, 1.165) is 9.47 Å². The first kappa shape index (κ1) is 41.1. The van der Waals surface area contributed by atoms with Crippen molar-refractivity contribution in [2.24, 2.45) is 4.99 Å². The Morgan fingerprint density at radius 1 is 1.22 bits per heavy atom.